The van der Waals surface area contributed by atoms with Crippen molar-refractivity contribution in [2.24, 2.45) is 11.5 Å². The highest BCUT2D eigenvalue weighted by Crippen LogP contribution is 2.12. The maximum absolute atomic E-state index is 13.2. The number of carbonyl (C=O) groups excluding carboxylic acids is 3. The first-order valence-electron chi connectivity index (χ1n) is 12.6. The summed E-state index contributed by atoms with van der Waals surface area (Å²) in [6.07, 6.45) is 2.69. The minimum atomic E-state index is -1.44. The highest BCUT2D eigenvalue weighted by molar-refractivity contribution is 7.98. The summed E-state index contributed by atoms with van der Waals surface area (Å²) in [5.74, 6) is -4.06. The molecule has 4 unspecified atom stereocenters. The Labute approximate surface area is 231 Å². The maximum atomic E-state index is 13.2. The monoisotopic (exact) mass is 569 g/mol. The number of benzene rings is 1. The summed E-state index contributed by atoms with van der Waals surface area (Å²) >= 11 is 1.41. The highest BCUT2D eigenvalue weighted by atomic mass is 32.2. The Morgan fingerprint density at radius 1 is 0.846 bits per heavy atom. The minimum absolute atomic E-state index is 0.0741. The molecule has 4 atom stereocenters. The number of aromatic hydroxyl groups is 1. The Balaban J connectivity index is 2.96. The van der Waals surface area contributed by atoms with Gasteiger partial charge in [-0.25, -0.2) is 4.79 Å². The van der Waals surface area contributed by atoms with Crippen molar-refractivity contribution < 1.29 is 39.3 Å². The van der Waals surface area contributed by atoms with Gasteiger partial charge in [0.15, 0.2) is 0 Å². The van der Waals surface area contributed by atoms with Crippen LogP contribution in [0.3, 0.4) is 0 Å². The third-order valence-electron chi connectivity index (χ3n) is 5.81. The number of aliphatic carboxylic acids is 2. The van der Waals surface area contributed by atoms with Crippen molar-refractivity contribution in [3.63, 3.8) is 0 Å². The van der Waals surface area contributed by atoms with Crippen molar-refractivity contribution in [1.29, 1.82) is 0 Å². The van der Waals surface area contributed by atoms with Crippen molar-refractivity contribution in [3.05, 3.63) is 29.8 Å². The average molecular weight is 570 g/mol. The number of rotatable bonds is 19. The Morgan fingerprint density at radius 3 is 1.95 bits per heavy atom. The smallest absolute Gasteiger partial charge is 0.326 e. The number of nitrogens with two attached hydrogens (primary N) is 2. The lowest BCUT2D eigenvalue weighted by Crippen LogP contribution is -2.57. The van der Waals surface area contributed by atoms with Crippen LogP contribution in [-0.4, -0.2) is 87.7 Å². The first-order chi connectivity index (χ1) is 18.5. The predicted molar refractivity (Wildman–Crippen MR) is 146 cm³/mol. The van der Waals surface area contributed by atoms with E-state index in [4.69, 9.17) is 16.6 Å². The number of carbonyl (C=O) groups is 5. The number of hydrogen-bond acceptors (Lipinski definition) is 9. The Morgan fingerprint density at radius 2 is 1.41 bits per heavy atom. The molecule has 218 valence electrons. The zero-order chi connectivity index (χ0) is 29.4. The number of phenols is 1. The molecule has 10 N–H and O–H groups in total. The van der Waals surface area contributed by atoms with Gasteiger partial charge in [-0.1, -0.05) is 12.1 Å². The van der Waals surface area contributed by atoms with Gasteiger partial charge in [-0.2, -0.15) is 11.8 Å². The van der Waals surface area contributed by atoms with Gasteiger partial charge in [0.2, 0.25) is 17.7 Å². The molecule has 1 aromatic rings. The quantitative estimate of drug-likeness (QED) is 0.0993. The molecule has 0 heterocycles. The molecule has 39 heavy (non-hydrogen) atoms. The molecule has 0 aromatic heterocycles. The van der Waals surface area contributed by atoms with Gasteiger partial charge in [-0.05, 0) is 74.8 Å². The lowest BCUT2D eigenvalue weighted by molar-refractivity contribution is -0.143. The lowest BCUT2D eigenvalue weighted by Gasteiger charge is -2.25. The number of carboxylic acid groups (broad SMARTS) is 2. The van der Waals surface area contributed by atoms with Crippen LogP contribution in [-0.2, 0) is 30.4 Å². The molecule has 0 fully saturated rings. The summed E-state index contributed by atoms with van der Waals surface area (Å²) in [5.41, 5.74) is 12.3. The van der Waals surface area contributed by atoms with Crippen LogP contribution in [0.4, 0.5) is 0 Å². The van der Waals surface area contributed by atoms with Crippen LogP contribution in [0, 0.1) is 0 Å². The molecule has 0 saturated carbocycles. The number of unbranched alkanes of at least 4 members (excludes halogenated alkanes) is 1. The van der Waals surface area contributed by atoms with Gasteiger partial charge < -0.3 is 42.7 Å². The molecule has 14 heteroatoms. The molecular weight excluding hydrogens is 530 g/mol. The number of nitrogens with one attached hydrogen (secondary N) is 3. The van der Waals surface area contributed by atoms with Crippen molar-refractivity contribution in [1.82, 2.24) is 16.0 Å². The summed E-state index contributed by atoms with van der Waals surface area (Å²) in [5, 5.41) is 35.2. The van der Waals surface area contributed by atoms with Crippen molar-refractivity contribution in [2.75, 3.05) is 18.6 Å². The molecule has 0 aliphatic heterocycles. The molecule has 0 radical (unpaired) electrons. The van der Waals surface area contributed by atoms with E-state index in [-0.39, 0.29) is 31.4 Å². The summed E-state index contributed by atoms with van der Waals surface area (Å²) in [4.78, 5) is 61.3. The predicted octanol–water partition coefficient (Wildman–Crippen LogP) is -0.452. The zero-order valence-corrected chi connectivity index (χ0v) is 22.7. The number of amides is 3. The molecule has 0 spiro atoms. The fourth-order valence-corrected chi connectivity index (χ4v) is 4.06. The van der Waals surface area contributed by atoms with Gasteiger partial charge in [0.1, 0.15) is 23.9 Å². The molecule has 0 aliphatic carbocycles. The molecule has 1 rings (SSSR count). The van der Waals surface area contributed by atoms with Gasteiger partial charge >= 0.3 is 11.9 Å². The normalized spacial score (nSPS) is 13.9. The van der Waals surface area contributed by atoms with Gasteiger partial charge in [0, 0.05) is 6.42 Å². The summed E-state index contributed by atoms with van der Waals surface area (Å²) < 4.78 is 0. The molecule has 0 saturated heterocycles. The number of thioether (sulfide) groups is 1. The average Bonchev–Trinajstić information content (AvgIpc) is 2.88. The molecule has 3 amide bonds. The molecule has 0 aliphatic rings. The van der Waals surface area contributed by atoms with E-state index < -0.39 is 60.2 Å². The third kappa shape index (κ3) is 13.3. The summed E-state index contributed by atoms with van der Waals surface area (Å²) in [7, 11) is 0. The van der Waals surface area contributed by atoms with Crippen molar-refractivity contribution in [2.45, 2.75) is 69.1 Å². The second kappa shape index (κ2) is 18.0. The zero-order valence-electron chi connectivity index (χ0n) is 21.9. The summed E-state index contributed by atoms with van der Waals surface area (Å²) in [6, 6.07) is 1.63. The van der Waals surface area contributed by atoms with Crippen LogP contribution in [0.5, 0.6) is 5.75 Å². The molecular formula is C25H39N5O8S. The Kier molecular flexibility index (Phi) is 15.6. The van der Waals surface area contributed by atoms with Crippen LogP contribution in [0.15, 0.2) is 24.3 Å². The van der Waals surface area contributed by atoms with Gasteiger partial charge in [-0.15, -0.1) is 0 Å². The van der Waals surface area contributed by atoms with E-state index in [1.165, 1.54) is 23.9 Å². The van der Waals surface area contributed by atoms with Gasteiger partial charge in [0.05, 0.1) is 6.04 Å². The van der Waals surface area contributed by atoms with E-state index in [9.17, 15) is 34.2 Å². The van der Waals surface area contributed by atoms with Crippen molar-refractivity contribution >= 4 is 41.4 Å². The number of carboxylic acids is 2. The maximum Gasteiger partial charge on any atom is 0.326 e. The van der Waals surface area contributed by atoms with Crippen LogP contribution < -0.4 is 27.4 Å². The van der Waals surface area contributed by atoms with E-state index in [1.807, 2.05) is 0 Å². The number of hydrogen-bond donors (Lipinski definition) is 8. The first kappa shape index (κ1) is 33.7. The fraction of sp³-hybridized carbons (Fsp3) is 0.560. The topological polar surface area (TPSA) is 234 Å². The SMILES string of the molecule is CSCCC(NC(=O)C(CCCCN)NC(=O)C(N)Cc1ccc(O)cc1)C(=O)NC(CCC(=O)O)C(=O)O. The third-order valence-corrected chi connectivity index (χ3v) is 6.46. The molecule has 1 aromatic carbocycles. The Hall–Kier alpha value is -3.36. The van der Waals surface area contributed by atoms with Crippen LogP contribution in [0.1, 0.15) is 44.1 Å². The van der Waals surface area contributed by atoms with Gasteiger partial charge in [0.25, 0.3) is 0 Å². The Bertz CT molecular complexity index is 962. The van der Waals surface area contributed by atoms with E-state index >= 15 is 0 Å². The van der Waals surface area contributed by atoms with Gasteiger partial charge in [-0.3, -0.25) is 19.2 Å². The van der Waals surface area contributed by atoms with Crippen LogP contribution in [0.2, 0.25) is 0 Å². The molecule has 0 bridgehead atoms. The fourth-order valence-electron chi connectivity index (χ4n) is 3.59. The standard InChI is InChI=1S/C25H39N5O8S/c1-39-13-11-19(24(36)30-20(25(37)38)9-10-21(32)33)29-23(35)18(4-2-3-12-26)28-22(34)17(27)14-15-5-7-16(31)8-6-15/h5-8,17-20,31H,2-4,9-14,26-27H2,1H3,(H,28,34)(H,29,35)(H,30,36)(H,32,33)(H,37,38). The van der Waals surface area contributed by atoms with E-state index in [1.54, 1.807) is 18.4 Å². The minimum Gasteiger partial charge on any atom is -0.508 e. The largest absolute Gasteiger partial charge is 0.508 e. The summed E-state index contributed by atoms with van der Waals surface area (Å²) in [6.45, 7) is 0.383. The second-order valence-electron chi connectivity index (χ2n) is 9.00. The number of phenolic OH excluding ortho intramolecular Hbond substituents is 1. The van der Waals surface area contributed by atoms with E-state index in [2.05, 4.69) is 16.0 Å². The van der Waals surface area contributed by atoms with Crippen LogP contribution >= 0.6 is 11.8 Å². The van der Waals surface area contributed by atoms with E-state index in [0.717, 1.165) is 0 Å². The lowest BCUT2D eigenvalue weighted by atomic mass is 10.0. The molecule has 13 nitrogen and oxygen atoms in total. The first-order valence-corrected chi connectivity index (χ1v) is 14.0. The second-order valence-corrected chi connectivity index (χ2v) is 9.98. The highest BCUT2D eigenvalue weighted by Gasteiger charge is 2.30. The van der Waals surface area contributed by atoms with Crippen LogP contribution in [0.25, 0.3) is 0 Å². The van der Waals surface area contributed by atoms with Crippen molar-refractivity contribution in [3.8, 4) is 5.75 Å². The van der Waals surface area contributed by atoms with E-state index in [0.29, 0.717) is 30.7 Å².